The standard InChI is InChI=1S/C29H54N2O9/c1-3-5-7-9-11-13-15-17-19-30(24(26(33)34)27(35)36)21-23(32)22-31(25(28(37)38)29(39)40)20-18-16-14-12-10-8-6-4-2/h23-25,32H,3-22H2,1-2H3,(H,33,34)(H,35,36)(H,37,38)(H,39,40). The van der Waals surface area contributed by atoms with E-state index in [0.29, 0.717) is 12.8 Å². The first-order valence-corrected chi connectivity index (χ1v) is 15.1. The van der Waals surface area contributed by atoms with Crippen LogP contribution in [-0.2, 0) is 19.2 Å². The van der Waals surface area contributed by atoms with E-state index in [1.54, 1.807) is 0 Å². The van der Waals surface area contributed by atoms with Crippen LogP contribution in [0.5, 0.6) is 0 Å². The molecule has 0 aliphatic heterocycles. The van der Waals surface area contributed by atoms with Crippen molar-refractivity contribution < 1.29 is 44.7 Å². The lowest BCUT2D eigenvalue weighted by Gasteiger charge is -2.32. The molecule has 0 rings (SSSR count). The van der Waals surface area contributed by atoms with Crippen molar-refractivity contribution in [3.05, 3.63) is 0 Å². The molecule has 0 fully saturated rings. The molecular formula is C29H54N2O9. The summed E-state index contributed by atoms with van der Waals surface area (Å²) in [4.78, 5) is 49.3. The van der Waals surface area contributed by atoms with Crippen molar-refractivity contribution in [3.63, 3.8) is 0 Å². The van der Waals surface area contributed by atoms with Gasteiger partial charge in [-0.3, -0.25) is 9.80 Å². The number of nitrogens with zero attached hydrogens (tertiary/aromatic N) is 2. The van der Waals surface area contributed by atoms with E-state index < -0.39 is 42.1 Å². The largest absolute Gasteiger partial charge is 0.480 e. The van der Waals surface area contributed by atoms with Gasteiger partial charge in [-0.15, -0.1) is 0 Å². The van der Waals surface area contributed by atoms with Crippen LogP contribution >= 0.6 is 0 Å². The summed E-state index contributed by atoms with van der Waals surface area (Å²) in [5, 5.41) is 48.9. The summed E-state index contributed by atoms with van der Waals surface area (Å²) >= 11 is 0. The van der Waals surface area contributed by atoms with E-state index in [1.165, 1.54) is 22.6 Å². The van der Waals surface area contributed by atoms with Gasteiger partial charge in [0.1, 0.15) is 0 Å². The number of carboxylic acids is 4. The summed E-state index contributed by atoms with van der Waals surface area (Å²) < 4.78 is 0. The Hall–Kier alpha value is -2.24. The van der Waals surface area contributed by atoms with E-state index in [1.807, 2.05) is 0 Å². The maximum atomic E-state index is 11.7. The minimum Gasteiger partial charge on any atom is -0.480 e. The van der Waals surface area contributed by atoms with Crippen LogP contribution in [0.3, 0.4) is 0 Å². The summed E-state index contributed by atoms with van der Waals surface area (Å²) in [7, 11) is 0. The zero-order valence-electron chi connectivity index (χ0n) is 24.6. The summed E-state index contributed by atoms with van der Waals surface area (Å²) in [6.45, 7) is 3.88. The average molecular weight is 575 g/mol. The van der Waals surface area contributed by atoms with Crippen LogP contribution in [0.2, 0.25) is 0 Å². The molecule has 0 aliphatic rings. The molecule has 0 aromatic rings. The molecule has 0 spiro atoms. The third-order valence-corrected chi connectivity index (χ3v) is 7.15. The monoisotopic (exact) mass is 574 g/mol. The highest BCUT2D eigenvalue weighted by Gasteiger charge is 2.36. The second-order valence-electron chi connectivity index (χ2n) is 10.8. The van der Waals surface area contributed by atoms with Gasteiger partial charge in [0.25, 0.3) is 0 Å². The number of unbranched alkanes of at least 4 members (excludes halogenated alkanes) is 14. The Bertz CT molecular complexity index is 634. The number of hydrogen-bond donors (Lipinski definition) is 5. The Morgan fingerprint density at radius 2 is 0.725 bits per heavy atom. The van der Waals surface area contributed by atoms with Gasteiger partial charge in [0.05, 0.1) is 6.10 Å². The molecule has 40 heavy (non-hydrogen) atoms. The van der Waals surface area contributed by atoms with E-state index in [4.69, 9.17) is 0 Å². The molecule has 0 saturated heterocycles. The molecule has 5 N–H and O–H groups in total. The predicted molar refractivity (Wildman–Crippen MR) is 152 cm³/mol. The molecule has 0 unspecified atom stereocenters. The number of aliphatic hydroxyl groups is 1. The molecule has 0 amide bonds. The lowest BCUT2D eigenvalue weighted by molar-refractivity contribution is -0.157. The zero-order valence-corrected chi connectivity index (χ0v) is 24.6. The molecule has 0 saturated carbocycles. The fourth-order valence-electron chi connectivity index (χ4n) is 4.98. The highest BCUT2D eigenvalue weighted by atomic mass is 16.4. The van der Waals surface area contributed by atoms with Gasteiger partial charge in [0.15, 0.2) is 0 Å². The van der Waals surface area contributed by atoms with E-state index in [0.717, 1.165) is 77.0 Å². The molecular weight excluding hydrogens is 520 g/mol. The van der Waals surface area contributed by atoms with Crippen LogP contribution in [0.15, 0.2) is 0 Å². The van der Waals surface area contributed by atoms with Crippen LogP contribution in [-0.4, -0.2) is 104 Å². The Labute approximate surface area is 239 Å². The quantitative estimate of drug-likeness (QED) is 0.0665. The van der Waals surface area contributed by atoms with Gasteiger partial charge in [-0.25, -0.2) is 19.2 Å². The van der Waals surface area contributed by atoms with Crippen LogP contribution in [0.1, 0.15) is 117 Å². The Kier molecular flexibility index (Phi) is 22.1. The number of aliphatic hydroxyl groups excluding tert-OH is 1. The maximum Gasteiger partial charge on any atom is 0.332 e. The number of hydrogen-bond acceptors (Lipinski definition) is 7. The van der Waals surface area contributed by atoms with Gasteiger partial charge < -0.3 is 25.5 Å². The fraction of sp³-hybridized carbons (Fsp3) is 0.862. The van der Waals surface area contributed by atoms with Crippen molar-refractivity contribution in [1.82, 2.24) is 9.80 Å². The number of carboxylic acid groups (broad SMARTS) is 4. The van der Waals surface area contributed by atoms with Gasteiger partial charge in [0, 0.05) is 13.1 Å². The van der Waals surface area contributed by atoms with Crippen molar-refractivity contribution in [2.24, 2.45) is 0 Å². The molecule has 0 heterocycles. The van der Waals surface area contributed by atoms with E-state index in [9.17, 15) is 44.7 Å². The minimum atomic E-state index is -1.87. The van der Waals surface area contributed by atoms with Crippen molar-refractivity contribution in [2.45, 2.75) is 135 Å². The van der Waals surface area contributed by atoms with Crippen molar-refractivity contribution in [3.8, 4) is 0 Å². The lowest BCUT2D eigenvalue weighted by Crippen LogP contribution is -2.54. The van der Waals surface area contributed by atoms with E-state index in [2.05, 4.69) is 13.8 Å². The Balaban J connectivity index is 5.20. The maximum absolute atomic E-state index is 11.7. The van der Waals surface area contributed by atoms with Gasteiger partial charge in [0.2, 0.25) is 12.1 Å². The first-order valence-electron chi connectivity index (χ1n) is 15.1. The van der Waals surface area contributed by atoms with Crippen LogP contribution in [0, 0.1) is 0 Å². The van der Waals surface area contributed by atoms with Crippen LogP contribution in [0.25, 0.3) is 0 Å². The minimum absolute atomic E-state index is 0.134. The van der Waals surface area contributed by atoms with Crippen LogP contribution in [0.4, 0.5) is 0 Å². The second-order valence-corrected chi connectivity index (χ2v) is 10.8. The van der Waals surface area contributed by atoms with Gasteiger partial charge in [-0.1, -0.05) is 104 Å². The van der Waals surface area contributed by atoms with Gasteiger partial charge in [-0.05, 0) is 25.9 Å². The molecule has 0 aromatic carbocycles. The second kappa shape index (κ2) is 23.5. The molecule has 11 heteroatoms. The normalized spacial score (nSPS) is 11.8. The molecule has 0 aromatic heterocycles. The summed E-state index contributed by atoms with van der Waals surface area (Å²) in [5.41, 5.74) is 0. The molecule has 0 bridgehead atoms. The van der Waals surface area contributed by atoms with Crippen molar-refractivity contribution in [2.75, 3.05) is 26.2 Å². The third kappa shape index (κ3) is 17.5. The van der Waals surface area contributed by atoms with E-state index >= 15 is 0 Å². The lowest BCUT2D eigenvalue weighted by atomic mass is 10.1. The zero-order chi connectivity index (χ0) is 30.3. The van der Waals surface area contributed by atoms with Gasteiger partial charge >= 0.3 is 23.9 Å². The molecule has 0 radical (unpaired) electrons. The Morgan fingerprint density at radius 1 is 0.475 bits per heavy atom. The summed E-state index contributed by atoms with van der Waals surface area (Å²) in [6, 6.07) is -3.73. The third-order valence-electron chi connectivity index (χ3n) is 7.15. The van der Waals surface area contributed by atoms with Crippen molar-refractivity contribution in [1.29, 1.82) is 0 Å². The Morgan fingerprint density at radius 3 is 0.975 bits per heavy atom. The molecule has 0 atom stereocenters. The topological polar surface area (TPSA) is 176 Å². The SMILES string of the molecule is CCCCCCCCCCN(CC(O)CN(CCCCCCCCCC)C(C(=O)O)C(=O)O)C(C(=O)O)C(=O)O. The summed E-state index contributed by atoms with van der Waals surface area (Å²) in [6.07, 6.45) is 14.5. The number of aliphatic carboxylic acids is 4. The smallest absolute Gasteiger partial charge is 0.332 e. The van der Waals surface area contributed by atoms with Crippen molar-refractivity contribution >= 4 is 23.9 Å². The fourth-order valence-corrected chi connectivity index (χ4v) is 4.98. The first-order chi connectivity index (χ1) is 19.1. The van der Waals surface area contributed by atoms with E-state index in [-0.39, 0.29) is 26.2 Å². The molecule has 11 nitrogen and oxygen atoms in total. The number of rotatable bonds is 28. The predicted octanol–water partition coefficient (Wildman–Crippen LogP) is 4.31. The first kappa shape index (κ1) is 37.8. The van der Waals surface area contributed by atoms with Gasteiger partial charge in [-0.2, -0.15) is 0 Å². The molecule has 234 valence electrons. The highest BCUT2D eigenvalue weighted by Crippen LogP contribution is 2.14. The highest BCUT2D eigenvalue weighted by molar-refractivity contribution is 5.97. The van der Waals surface area contributed by atoms with Crippen LogP contribution < -0.4 is 0 Å². The number of carbonyl (C=O) groups is 4. The summed E-state index contributed by atoms with van der Waals surface area (Å²) in [5.74, 6) is -6.21. The average Bonchev–Trinajstić information content (AvgIpc) is 2.86. The molecule has 0 aliphatic carbocycles.